The average molecular weight is 147 g/mol. The van der Waals surface area contributed by atoms with Crippen LogP contribution in [0.3, 0.4) is 0 Å². The summed E-state index contributed by atoms with van der Waals surface area (Å²) in [5, 5.41) is 0. The number of rotatable bonds is 1. The molecular formula is C5H13N3O2. The molecule has 0 aromatic rings. The first-order chi connectivity index (χ1) is 4.65. The van der Waals surface area contributed by atoms with Crippen LogP contribution in [0.2, 0.25) is 0 Å². The Labute approximate surface area is 59.9 Å². The first-order valence-corrected chi connectivity index (χ1v) is 2.29. The number of amides is 2. The second kappa shape index (κ2) is 25.4. The third-order valence-corrected chi connectivity index (χ3v) is 0.167. The number of urea groups is 1. The van der Waals surface area contributed by atoms with Crippen molar-refractivity contribution in [2.24, 2.45) is 17.2 Å². The Kier molecular flexibility index (Phi) is 40.3. The summed E-state index contributed by atoms with van der Waals surface area (Å²) in [5.74, 6) is 0. The zero-order chi connectivity index (χ0) is 8.99. The molecule has 0 rings (SSSR count). The Balaban J connectivity index is -0.0000000787. The topological polar surface area (TPSA) is 112 Å². The molecule has 0 aliphatic rings. The Bertz CT molecular complexity index is 81.0. The summed E-state index contributed by atoms with van der Waals surface area (Å²) in [7, 11) is 0. The lowest BCUT2D eigenvalue weighted by Gasteiger charge is -1.62. The largest absolute Gasteiger partial charge is 0.352 e. The van der Waals surface area contributed by atoms with Gasteiger partial charge in [0.2, 0.25) is 0 Å². The SMILES string of the molecule is C=CCN.C=O.NC(N)=O. The van der Waals surface area contributed by atoms with Crippen molar-refractivity contribution in [1.82, 2.24) is 0 Å². The number of carbonyl (C=O) groups excluding carboxylic acids is 2. The Morgan fingerprint density at radius 2 is 1.50 bits per heavy atom. The van der Waals surface area contributed by atoms with Crippen molar-refractivity contribution in [3.63, 3.8) is 0 Å². The summed E-state index contributed by atoms with van der Waals surface area (Å²) in [5.41, 5.74) is 13.4. The molecule has 6 N–H and O–H groups in total. The molecule has 0 aliphatic heterocycles. The molecule has 0 spiro atoms. The van der Waals surface area contributed by atoms with Gasteiger partial charge in [-0.1, -0.05) is 6.08 Å². The van der Waals surface area contributed by atoms with E-state index in [4.69, 9.17) is 15.3 Å². The minimum atomic E-state index is -0.833. The predicted octanol–water partition coefficient (Wildman–Crippen LogP) is -1.03. The standard InChI is InChI=1S/C3H7N.CH4N2O.CH2O/c1-2-3-4;2-1(3)4;1-2/h2H,1,3-4H2;(H4,2,3,4);1H2. The van der Waals surface area contributed by atoms with Gasteiger partial charge in [-0.2, -0.15) is 0 Å². The lowest BCUT2D eigenvalue weighted by atomic mass is 10.7. The second-order valence-corrected chi connectivity index (χ2v) is 0.927. The van der Waals surface area contributed by atoms with Crippen molar-refractivity contribution in [2.45, 2.75) is 0 Å². The zero-order valence-corrected chi connectivity index (χ0v) is 5.75. The van der Waals surface area contributed by atoms with Gasteiger partial charge in [0, 0.05) is 6.54 Å². The lowest BCUT2D eigenvalue weighted by molar-refractivity contribution is -0.0979. The molecule has 0 saturated heterocycles. The van der Waals surface area contributed by atoms with E-state index in [0.717, 1.165) is 0 Å². The summed E-state index contributed by atoms with van der Waals surface area (Å²) >= 11 is 0. The van der Waals surface area contributed by atoms with Gasteiger partial charge in [-0.15, -0.1) is 6.58 Å². The van der Waals surface area contributed by atoms with Crippen molar-refractivity contribution in [3.8, 4) is 0 Å². The summed E-state index contributed by atoms with van der Waals surface area (Å²) < 4.78 is 0. The summed E-state index contributed by atoms with van der Waals surface area (Å²) in [6, 6.07) is -0.833. The van der Waals surface area contributed by atoms with Crippen molar-refractivity contribution in [2.75, 3.05) is 6.54 Å². The molecule has 0 aliphatic carbocycles. The van der Waals surface area contributed by atoms with Crippen molar-refractivity contribution >= 4 is 12.8 Å². The minimum absolute atomic E-state index is 0.583. The number of carbonyl (C=O) groups is 2. The van der Waals surface area contributed by atoms with Gasteiger partial charge in [0.25, 0.3) is 0 Å². The number of primary amides is 2. The van der Waals surface area contributed by atoms with Gasteiger partial charge in [-0.05, 0) is 0 Å². The van der Waals surface area contributed by atoms with Crippen LogP contribution >= 0.6 is 0 Å². The van der Waals surface area contributed by atoms with Gasteiger partial charge in [-0.25, -0.2) is 4.79 Å². The van der Waals surface area contributed by atoms with E-state index in [9.17, 15) is 0 Å². The fraction of sp³-hybridized carbons (Fsp3) is 0.200. The number of hydrogen-bond donors (Lipinski definition) is 3. The third kappa shape index (κ3) is 1630. The normalized spacial score (nSPS) is 5.30. The van der Waals surface area contributed by atoms with Crippen LogP contribution in [0.1, 0.15) is 0 Å². The Hall–Kier alpha value is -1.36. The molecule has 0 saturated carbocycles. The van der Waals surface area contributed by atoms with E-state index >= 15 is 0 Å². The molecule has 0 aromatic heterocycles. The Morgan fingerprint density at radius 3 is 1.50 bits per heavy atom. The van der Waals surface area contributed by atoms with Crippen LogP contribution in [0.4, 0.5) is 4.79 Å². The van der Waals surface area contributed by atoms with E-state index in [-0.39, 0.29) is 0 Å². The van der Waals surface area contributed by atoms with Gasteiger partial charge in [-0.3, -0.25) is 0 Å². The van der Waals surface area contributed by atoms with Crippen molar-refractivity contribution in [1.29, 1.82) is 0 Å². The molecule has 2 amide bonds. The van der Waals surface area contributed by atoms with E-state index in [1.54, 1.807) is 6.08 Å². The summed E-state index contributed by atoms with van der Waals surface area (Å²) in [6.45, 7) is 5.94. The second-order valence-electron chi connectivity index (χ2n) is 0.927. The van der Waals surface area contributed by atoms with Crippen LogP contribution in [-0.4, -0.2) is 19.4 Å². The lowest BCUT2D eigenvalue weighted by Crippen LogP contribution is -2.18. The van der Waals surface area contributed by atoms with Gasteiger partial charge in [0.15, 0.2) is 0 Å². The molecule has 10 heavy (non-hydrogen) atoms. The van der Waals surface area contributed by atoms with Crippen LogP contribution in [0.15, 0.2) is 12.7 Å². The molecule has 5 nitrogen and oxygen atoms in total. The van der Waals surface area contributed by atoms with Gasteiger partial charge in [0.05, 0.1) is 0 Å². The predicted molar refractivity (Wildman–Crippen MR) is 40.1 cm³/mol. The average Bonchev–Trinajstić information content (AvgIpc) is 1.91. The smallest absolute Gasteiger partial charge is 0.309 e. The van der Waals surface area contributed by atoms with E-state index in [1.165, 1.54) is 0 Å². The van der Waals surface area contributed by atoms with Crippen LogP contribution in [0, 0.1) is 0 Å². The third-order valence-electron chi connectivity index (χ3n) is 0.167. The van der Waals surface area contributed by atoms with Crippen molar-refractivity contribution < 1.29 is 9.59 Å². The zero-order valence-electron chi connectivity index (χ0n) is 5.75. The van der Waals surface area contributed by atoms with Gasteiger partial charge >= 0.3 is 6.03 Å². The van der Waals surface area contributed by atoms with Gasteiger partial charge < -0.3 is 22.0 Å². The quantitative estimate of drug-likeness (QED) is 0.412. The maximum atomic E-state index is 9.00. The first-order valence-electron chi connectivity index (χ1n) is 2.29. The molecular weight excluding hydrogens is 134 g/mol. The van der Waals surface area contributed by atoms with E-state index < -0.39 is 6.03 Å². The van der Waals surface area contributed by atoms with Crippen LogP contribution in [0.25, 0.3) is 0 Å². The van der Waals surface area contributed by atoms with Crippen LogP contribution in [-0.2, 0) is 4.79 Å². The number of hydrogen-bond acceptors (Lipinski definition) is 3. The van der Waals surface area contributed by atoms with Crippen LogP contribution in [0.5, 0.6) is 0 Å². The number of nitrogens with two attached hydrogens (primary N) is 3. The molecule has 60 valence electrons. The molecule has 0 radical (unpaired) electrons. The maximum Gasteiger partial charge on any atom is 0.309 e. The summed E-state index contributed by atoms with van der Waals surface area (Å²) in [4.78, 5) is 17.0. The fourth-order valence-electron chi connectivity index (χ4n) is 0. The van der Waals surface area contributed by atoms with E-state index in [1.807, 2.05) is 6.79 Å². The van der Waals surface area contributed by atoms with E-state index in [0.29, 0.717) is 6.54 Å². The highest BCUT2D eigenvalue weighted by Crippen LogP contribution is 1.40. The molecule has 0 unspecified atom stereocenters. The van der Waals surface area contributed by atoms with E-state index in [2.05, 4.69) is 18.0 Å². The molecule has 0 aromatic carbocycles. The molecule has 0 fully saturated rings. The molecule has 0 atom stereocenters. The highest BCUT2D eigenvalue weighted by molar-refractivity contribution is 5.69. The monoisotopic (exact) mass is 147 g/mol. The van der Waals surface area contributed by atoms with Crippen molar-refractivity contribution in [3.05, 3.63) is 12.7 Å². The molecule has 5 heteroatoms. The maximum absolute atomic E-state index is 9.00. The Morgan fingerprint density at radius 1 is 1.40 bits per heavy atom. The molecule has 0 bridgehead atoms. The summed E-state index contributed by atoms with van der Waals surface area (Å²) in [6.07, 6.45) is 1.65. The highest BCUT2D eigenvalue weighted by atomic mass is 16.2. The first kappa shape index (κ1) is 15.9. The van der Waals surface area contributed by atoms with Gasteiger partial charge in [0.1, 0.15) is 6.79 Å². The van der Waals surface area contributed by atoms with Crippen LogP contribution < -0.4 is 17.2 Å². The molecule has 0 heterocycles. The minimum Gasteiger partial charge on any atom is -0.352 e. The highest BCUT2D eigenvalue weighted by Gasteiger charge is 1.60. The fourth-order valence-corrected chi connectivity index (χ4v) is 0.